The lowest BCUT2D eigenvalue weighted by molar-refractivity contribution is -0.141. The van der Waals surface area contributed by atoms with Crippen molar-refractivity contribution in [3.8, 4) is 0 Å². The number of hydrogen-bond donors (Lipinski definition) is 4. The highest BCUT2D eigenvalue weighted by molar-refractivity contribution is 6.30. The van der Waals surface area contributed by atoms with E-state index in [1.165, 1.54) is 0 Å². The van der Waals surface area contributed by atoms with Crippen LogP contribution in [0.1, 0.15) is 50.3 Å². The number of aldehydes is 1. The number of carbonyl (C=O) groups is 3. The molecular formula is C39H49ClN4O5. The van der Waals surface area contributed by atoms with E-state index in [0.29, 0.717) is 30.8 Å². The number of amides is 2. The Hall–Kier alpha value is -3.86. The Morgan fingerprint density at radius 2 is 1.69 bits per heavy atom. The summed E-state index contributed by atoms with van der Waals surface area (Å²) in [5, 5.41) is 18.2. The smallest absolute Gasteiger partial charge is 0.248 e. The quantitative estimate of drug-likeness (QED) is 0.0926. The van der Waals surface area contributed by atoms with Gasteiger partial charge < -0.3 is 30.6 Å². The number of hydrogen-bond acceptors (Lipinski definition) is 7. The van der Waals surface area contributed by atoms with Gasteiger partial charge >= 0.3 is 0 Å². The molecule has 1 saturated heterocycles. The largest absolute Gasteiger partial charge is 0.378 e. The van der Waals surface area contributed by atoms with Crippen molar-refractivity contribution in [2.45, 2.75) is 89.6 Å². The second kappa shape index (κ2) is 18.2. The van der Waals surface area contributed by atoms with Crippen LogP contribution in [0.3, 0.4) is 0 Å². The first-order valence-corrected chi connectivity index (χ1v) is 17.3. The number of carbonyl (C=O) groups excluding carboxylic acids is 3. The minimum Gasteiger partial charge on any atom is -0.378 e. The zero-order chi connectivity index (χ0) is 35.4. The molecule has 3 aromatic carbocycles. The molecule has 5 N–H and O–H groups in total. The SMILES string of the molecule is CC(N)C(=O)NC(C(=O)N1CCCC1/C=C/[C@@](C)(Cc1cccc(Cl)c1)C(O)N[C@H](C=O)Cc1ccccc1)C(C)OCc1ccccc1. The summed E-state index contributed by atoms with van der Waals surface area (Å²) in [6.45, 7) is 6.04. The summed E-state index contributed by atoms with van der Waals surface area (Å²) in [6.07, 6.45) is 5.25. The highest BCUT2D eigenvalue weighted by atomic mass is 35.5. The van der Waals surface area contributed by atoms with Gasteiger partial charge in [-0.15, -0.1) is 0 Å². The highest BCUT2D eigenvalue weighted by Crippen LogP contribution is 2.31. The molecule has 2 amide bonds. The van der Waals surface area contributed by atoms with Gasteiger partial charge in [-0.05, 0) is 68.4 Å². The van der Waals surface area contributed by atoms with Gasteiger partial charge in [0.25, 0.3) is 0 Å². The monoisotopic (exact) mass is 688 g/mol. The number of ether oxygens (including phenoxy) is 1. The van der Waals surface area contributed by atoms with Crippen molar-refractivity contribution in [3.63, 3.8) is 0 Å². The molecule has 0 aromatic heterocycles. The lowest BCUT2D eigenvalue weighted by Crippen LogP contribution is -2.57. The molecule has 0 radical (unpaired) electrons. The van der Waals surface area contributed by atoms with Gasteiger partial charge in [0.15, 0.2) is 0 Å². The van der Waals surface area contributed by atoms with E-state index in [0.717, 1.165) is 29.4 Å². The molecule has 262 valence electrons. The third-order valence-corrected chi connectivity index (χ3v) is 9.25. The fraction of sp³-hybridized carbons (Fsp3) is 0.410. The lowest BCUT2D eigenvalue weighted by atomic mass is 9.80. The lowest BCUT2D eigenvalue weighted by Gasteiger charge is -2.35. The Morgan fingerprint density at radius 1 is 1.04 bits per heavy atom. The minimum atomic E-state index is -1.11. The van der Waals surface area contributed by atoms with Crippen LogP contribution in [0.25, 0.3) is 0 Å². The van der Waals surface area contributed by atoms with Crippen LogP contribution in [0.15, 0.2) is 97.1 Å². The van der Waals surface area contributed by atoms with Crippen molar-refractivity contribution < 1.29 is 24.2 Å². The van der Waals surface area contributed by atoms with Crippen LogP contribution in [-0.4, -0.2) is 71.2 Å². The molecule has 1 aliphatic heterocycles. The van der Waals surface area contributed by atoms with Gasteiger partial charge in [-0.1, -0.05) is 103 Å². The van der Waals surface area contributed by atoms with Gasteiger partial charge in [0, 0.05) is 17.0 Å². The molecule has 5 unspecified atom stereocenters. The average molecular weight is 689 g/mol. The normalized spacial score (nSPS) is 19.1. The van der Waals surface area contributed by atoms with E-state index in [2.05, 4.69) is 10.6 Å². The van der Waals surface area contributed by atoms with Gasteiger partial charge in [-0.3, -0.25) is 14.9 Å². The second-order valence-electron chi connectivity index (χ2n) is 13.2. The van der Waals surface area contributed by atoms with Crippen LogP contribution >= 0.6 is 11.6 Å². The molecular weight excluding hydrogens is 640 g/mol. The van der Waals surface area contributed by atoms with E-state index in [4.69, 9.17) is 22.1 Å². The zero-order valence-electron chi connectivity index (χ0n) is 28.5. The highest BCUT2D eigenvalue weighted by Gasteiger charge is 2.38. The fourth-order valence-electron chi connectivity index (χ4n) is 6.08. The molecule has 7 atom stereocenters. The van der Waals surface area contributed by atoms with E-state index in [-0.39, 0.29) is 18.6 Å². The van der Waals surface area contributed by atoms with Crippen LogP contribution in [-0.2, 0) is 38.6 Å². The third-order valence-electron chi connectivity index (χ3n) is 9.02. The molecule has 3 aromatic rings. The molecule has 49 heavy (non-hydrogen) atoms. The fourth-order valence-corrected chi connectivity index (χ4v) is 6.29. The van der Waals surface area contributed by atoms with Crippen molar-refractivity contribution in [2.24, 2.45) is 11.1 Å². The van der Waals surface area contributed by atoms with Gasteiger partial charge in [0.05, 0.1) is 30.8 Å². The summed E-state index contributed by atoms with van der Waals surface area (Å²) >= 11 is 6.32. The zero-order valence-corrected chi connectivity index (χ0v) is 29.3. The first-order chi connectivity index (χ1) is 23.5. The maximum absolute atomic E-state index is 14.2. The first-order valence-electron chi connectivity index (χ1n) is 16.9. The van der Waals surface area contributed by atoms with Crippen molar-refractivity contribution in [1.82, 2.24) is 15.5 Å². The van der Waals surface area contributed by atoms with Crippen molar-refractivity contribution in [2.75, 3.05) is 6.54 Å². The number of aliphatic hydroxyl groups is 1. The van der Waals surface area contributed by atoms with Crippen LogP contribution in [0.5, 0.6) is 0 Å². The van der Waals surface area contributed by atoms with Crippen molar-refractivity contribution in [1.29, 1.82) is 0 Å². The summed E-state index contributed by atoms with van der Waals surface area (Å²) in [4.78, 5) is 40.8. The number of nitrogens with zero attached hydrogens (tertiary/aromatic N) is 1. The van der Waals surface area contributed by atoms with E-state index in [9.17, 15) is 19.5 Å². The molecule has 1 heterocycles. The minimum absolute atomic E-state index is 0.263. The molecule has 1 aliphatic rings. The van der Waals surface area contributed by atoms with Crippen LogP contribution in [0.4, 0.5) is 0 Å². The van der Waals surface area contributed by atoms with E-state index in [1.54, 1.807) is 24.8 Å². The first kappa shape index (κ1) is 38.0. The summed E-state index contributed by atoms with van der Waals surface area (Å²) < 4.78 is 6.10. The van der Waals surface area contributed by atoms with E-state index in [1.807, 2.05) is 97.9 Å². The maximum atomic E-state index is 14.2. The van der Waals surface area contributed by atoms with Crippen LogP contribution < -0.4 is 16.4 Å². The molecule has 0 saturated carbocycles. The van der Waals surface area contributed by atoms with Gasteiger partial charge in [0.2, 0.25) is 11.8 Å². The number of likely N-dealkylation sites (tertiary alicyclic amines) is 1. The van der Waals surface area contributed by atoms with Crippen LogP contribution in [0.2, 0.25) is 5.02 Å². The molecule has 1 fully saturated rings. The maximum Gasteiger partial charge on any atom is 0.248 e. The summed E-state index contributed by atoms with van der Waals surface area (Å²) in [7, 11) is 0. The Balaban J connectivity index is 1.56. The predicted molar refractivity (Wildman–Crippen MR) is 193 cm³/mol. The predicted octanol–water partition coefficient (Wildman–Crippen LogP) is 4.59. The average Bonchev–Trinajstić information content (AvgIpc) is 3.57. The van der Waals surface area contributed by atoms with Crippen molar-refractivity contribution in [3.05, 3.63) is 119 Å². The number of nitrogens with one attached hydrogen (secondary N) is 2. The Bertz CT molecular complexity index is 1540. The van der Waals surface area contributed by atoms with Gasteiger partial charge in [0.1, 0.15) is 18.6 Å². The number of benzene rings is 3. The Kier molecular flexibility index (Phi) is 14.1. The molecule has 0 spiro atoms. The number of nitrogens with two attached hydrogens (primary N) is 1. The summed E-state index contributed by atoms with van der Waals surface area (Å²) in [5.41, 5.74) is 7.81. The molecule has 9 nitrogen and oxygen atoms in total. The van der Waals surface area contributed by atoms with Gasteiger partial charge in [-0.25, -0.2) is 0 Å². The summed E-state index contributed by atoms with van der Waals surface area (Å²) in [6, 6.07) is 24.0. The van der Waals surface area contributed by atoms with Gasteiger partial charge in [-0.2, -0.15) is 0 Å². The Labute approximate surface area is 294 Å². The van der Waals surface area contributed by atoms with Crippen molar-refractivity contribution >= 4 is 29.7 Å². The molecule has 10 heteroatoms. The molecule has 0 bridgehead atoms. The van der Waals surface area contributed by atoms with E-state index >= 15 is 0 Å². The third kappa shape index (κ3) is 11.1. The molecule has 0 aliphatic carbocycles. The second-order valence-corrected chi connectivity index (χ2v) is 13.6. The standard InChI is InChI=1S/C39H49ClN4O5/c1-27(41)36(46)43-35(28(2)49-26-30-14-8-5-9-15-30)37(47)44-21-11-18-34(44)19-20-39(3,24-31-16-10-17-32(40)22-31)38(48)42-33(25-45)23-29-12-6-4-7-13-29/h4-10,12-17,19-20,22,25,27-28,33-35,38,42,48H,11,18,21,23-24,26,41H2,1-3H3,(H,43,46)/b20-19+/t27?,28?,33-,34?,35?,38?,39-/m0/s1. The number of halogens is 1. The summed E-state index contributed by atoms with van der Waals surface area (Å²) in [5.74, 6) is -0.705. The van der Waals surface area contributed by atoms with Crippen LogP contribution in [0, 0.1) is 5.41 Å². The molecule has 4 rings (SSSR count). The topological polar surface area (TPSA) is 134 Å². The van der Waals surface area contributed by atoms with E-state index < -0.39 is 41.8 Å². The number of rotatable bonds is 17. The number of aliphatic hydroxyl groups excluding tert-OH is 1. The Morgan fingerprint density at radius 3 is 2.33 bits per heavy atom.